The smallest absolute Gasteiger partial charge is 0.359 e. The Morgan fingerprint density at radius 2 is 2.05 bits per heavy atom. The number of methoxy groups -OCH3 is 1. The predicted molar refractivity (Wildman–Crippen MR) is 70.0 cm³/mol. The molecule has 1 aromatic heterocycles. The van der Waals surface area contributed by atoms with E-state index in [0.717, 1.165) is 24.0 Å². The second kappa shape index (κ2) is 6.29. The number of aliphatic carboxylic acids is 1. The maximum Gasteiger partial charge on any atom is 0.359 e. The number of esters is 1. The van der Waals surface area contributed by atoms with Gasteiger partial charge in [-0.15, -0.1) is 0 Å². The summed E-state index contributed by atoms with van der Waals surface area (Å²) >= 11 is 0.763. The molecule has 1 rings (SSSR count). The molecule has 0 unspecified atom stereocenters. The lowest BCUT2D eigenvalue weighted by Gasteiger charge is -2.17. The number of carboxylic acid groups (broad SMARTS) is 1. The molecule has 0 saturated carbocycles. The Kier molecular flexibility index (Phi) is 5.20. The fourth-order valence-corrected chi connectivity index (χ4v) is 3.80. The van der Waals surface area contributed by atoms with Gasteiger partial charge < -0.3 is 9.84 Å². The number of sulfonamides is 1. The Morgan fingerprint density at radius 3 is 2.50 bits per heavy atom. The topological polar surface area (TPSA) is 123 Å². The average molecular weight is 322 g/mol. The largest absolute Gasteiger partial charge is 0.480 e. The predicted octanol–water partition coefficient (Wildman–Crippen LogP) is 0.317. The highest BCUT2D eigenvalue weighted by atomic mass is 32.2. The Labute approximate surface area is 120 Å². The molecular formula is C10H14N2O6S2. The molecular weight excluding hydrogens is 308 g/mol. The molecule has 0 aromatic carbocycles. The van der Waals surface area contributed by atoms with E-state index in [1.54, 1.807) is 13.8 Å². The van der Waals surface area contributed by atoms with Crippen molar-refractivity contribution in [1.82, 2.24) is 9.10 Å². The quantitative estimate of drug-likeness (QED) is 0.723. The molecule has 1 heterocycles. The van der Waals surface area contributed by atoms with Gasteiger partial charge in [-0.1, -0.05) is 13.8 Å². The minimum absolute atomic E-state index is 0.363. The maximum absolute atomic E-state index is 12.1. The fraction of sp³-hybridized carbons (Fsp3) is 0.500. The van der Waals surface area contributed by atoms with Crippen LogP contribution in [-0.2, 0) is 19.6 Å². The van der Waals surface area contributed by atoms with Gasteiger partial charge in [0.15, 0.2) is 5.69 Å². The summed E-state index contributed by atoms with van der Waals surface area (Å²) in [5, 5.41) is 10.1. The average Bonchev–Trinajstić information content (AvgIpc) is 2.84. The van der Waals surface area contributed by atoms with E-state index in [1.807, 2.05) is 4.72 Å². The molecule has 0 saturated heterocycles. The third-order valence-corrected chi connectivity index (χ3v) is 4.65. The second-order valence-corrected chi connectivity index (χ2v) is 6.51. The molecule has 20 heavy (non-hydrogen) atoms. The standard InChI is InChI=1S/C10H14N2O6S2/c1-5(2)7(9(13)14)12-20(16,17)6-4-19-11-8(6)10(15)18-3/h4-5,7,12H,1-3H3,(H,13,14)/t7-/m1/s1. The zero-order chi connectivity index (χ0) is 15.5. The van der Waals surface area contributed by atoms with Gasteiger partial charge in [0.1, 0.15) is 10.9 Å². The van der Waals surface area contributed by atoms with Gasteiger partial charge in [0.2, 0.25) is 10.0 Å². The van der Waals surface area contributed by atoms with E-state index in [1.165, 1.54) is 0 Å². The molecule has 2 N–H and O–H groups in total. The number of nitrogens with one attached hydrogen (secondary N) is 1. The number of carbonyl (C=O) groups excluding carboxylic acids is 1. The lowest BCUT2D eigenvalue weighted by Crippen LogP contribution is -2.44. The van der Waals surface area contributed by atoms with E-state index in [4.69, 9.17) is 5.11 Å². The van der Waals surface area contributed by atoms with Crippen LogP contribution in [0.4, 0.5) is 0 Å². The summed E-state index contributed by atoms with van der Waals surface area (Å²) in [6, 6.07) is -1.30. The number of carbonyl (C=O) groups is 2. The number of hydrogen-bond donors (Lipinski definition) is 2. The molecule has 0 aliphatic carbocycles. The number of aromatic nitrogens is 1. The Morgan fingerprint density at radius 1 is 1.45 bits per heavy atom. The van der Waals surface area contributed by atoms with Gasteiger partial charge in [-0.3, -0.25) is 4.79 Å². The normalized spacial score (nSPS) is 13.2. The molecule has 0 bridgehead atoms. The van der Waals surface area contributed by atoms with Crippen LogP contribution in [0, 0.1) is 5.92 Å². The van der Waals surface area contributed by atoms with Crippen LogP contribution in [0.25, 0.3) is 0 Å². The molecule has 1 atom stereocenters. The van der Waals surface area contributed by atoms with Crippen molar-refractivity contribution >= 4 is 33.5 Å². The summed E-state index contributed by atoms with van der Waals surface area (Å²) in [5.41, 5.74) is -0.363. The van der Waals surface area contributed by atoms with Crippen molar-refractivity contribution in [2.75, 3.05) is 7.11 Å². The summed E-state index contributed by atoms with van der Waals surface area (Å²) in [4.78, 5) is 22.1. The molecule has 8 nitrogen and oxygen atoms in total. The summed E-state index contributed by atoms with van der Waals surface area (Å²) in [7, 11) is -3.08. The van der Waals surface area contributed by atoms with Crippen molar-refractivity contribution in [3.63, 3.8) is 0 Å². The summed E-state index contributed by atoms with van der Waals surface area (Å²) in [5.74, 6) is -2.66. The molecule has 0 fully saturated rings. The van der Waals surface area contributed by atoms with Crippen LogP contribution in [0.15, 0.2) is 10.3 Å². The third kappa shape index (κ3) is 3.52. The molecule has 0 aliphatic heterocycles. The lowest BCUT2D eigenvalue weighted by atomic mass is 10.1. The first-order chi connectivity index (χ1) is 9.20. The minimum atomic E-state index is -4.18. The molecule has 112 valence electrons. The van der Waals surface area contributed by atoms with E-state index in [9.17, 15) is 18.0 Å². The molecule has 0 radical (unpaired) electrons. The minimum Gasteiger partial charge on any atom is -0.480 e. The van der Waals surface area contributed by atoms with Crippen LogP contribution in [0.5, 0.6) is 0 Å². The first kappa shape index (κ1) is 16.5. The summed E-state index contributed by atoms with van der Waals surface area (Å²) in [6.07, 6.45) is 0. The van der Waals surface area contributed by atoms with E-state index in [-0.39, 0.29) is 10.6 Å². The lowest BCUT2D eigenvalue weighted by molar-refractivity contribution is -0.140. The molecule has 0 aliphatic rings. The number of ether oxygens (including phenoxy) is 1. The Bertz CT molecular complexity index is 607. The number of carboxylic acids is 1. The SMILES string of the molecule is COC(=O)c1nscc1S(=O)(=O)N[C@@H](C(=O)O)C(C)C. The monoisotopic (exact) mass is 322 g/mol. The first-order valence-electron chi connectivity index (χ1n) is 5.48. The van der Waals surface area contributed by atoms with Gasteiger partial charge in [-0.05, 0) is 17.5 Å². The van der Waals surface area contributed by atoms with Crippen LogP contribution in [0.2, 0.25) is 0 Å². The van der Waals surface area contributed by atoms with E-state index in [0.29, 0.717) is 0 Å². The zero-order valence-corrected chi connectivity index (χ0v) is 12.6. The van der Waals surface area contributed by atoms with Gasteiger partial charge in [-0.2, -0.15) is 9.10 Å². The van der Waals surface area contributed by atoms with Crippen LogP contribution >= 0.6 is 11.5 Å². The highest BCUT2D eigenvalue weighted by molar-refractivity contribution is 7.89. The van der Waals surface area contributed by atoms with Gasteiger partial charge in [-0.25, -0.2) is 13.2 Å². The number of hydrogen-bond acceptors (Lipinski definition) is 7. The molecule has 0 amide bonds. The second-order valence-electron chi connectivity index (χ2n) is 4.20. The highest BCUT2D eigenvalue weighted by Gasteiger charge is 2.32. The van der Waals surface area contributed by atoms with Crippen molar-refractivity contribution in [2.24, 2.45) is 5.92 Å². The van der Waals surface area contributed by atoms with E-state index >= 15 is 0 Å². The van der Waals surface area contributed by atoms with Crippen LogP contribution in [-0.4, -0.2) is 43.0 Å². The van der Waals surface area contributed by atoms with Crippen LogP contribution in [0.1, 0.15) is 24.3 Å². The zero-order valence-electron chi connectivity index (χ0n) is 11.0. The van der Waals surface area contributed by atoms with Gasteiger partial charge >= 0.3 is 11.9 Å². The van der Waals surface area contributed by atoms with Crippen molar-refractivity contribution in [3.8, 4) is 0 Å². The number of rotatable bonds is 6. The first-order valence-corrected chi connectivity index (χ1v) is 7.80. The summed E-state index contributed by atoms with van der Waals surface area (Å²) in [6.45, 7) is 3.13. The summed E-state index contributed by atoms with van der Waals surface area (Å²) < 4.78 is 34.4. The fourth-order valence-electron chi connectivity index (χ4n) is 1.36. The van der Waals surface area contributed by atoms with E-state index in [2.05, 4.69) is 9.11 Å². The van der Waals surface area contributed by atoms with Crippen LogP contribution < -0.4 is 4.72 Å². The van der Waals surface area contributed by atoms with Crippen LogP contribution in [0.3, 0.4) is 0 Å². The van der Waals surface area contributed by atoms with Gasteiger partial charge in [0.05, 0.1) is 7.11 Å². The van der Waals surface area contributed by atoms with E-state index < -0.39 is 33.9 Å². The highest BCUT2D eigenvalue weighted by Crippen LogP contribution is 2.19. The Balaban J connectivity index is 3.15. The Hall–Kier alpha value is -1.52. The van der Waals surface area contributed by atoms with Crippen molar-refractivity contribution in [2.45, 2.75) is 24.8 Å². The third-order valence-electron chi connectivity index (χ3n) is 2.42. The molecule has 10 heteroatoms. The molecule has 1 aromatic rings. The number of nitrogens with zero attached hydrogens (tertiary/aromatic N) is 1. The van der Waals surface area contributed by atoms with Gasteiger partial charge in [0.25, 0.3) is 0 Å². The maximum atomic E-state index is 12.1. The van der Waals surface area contributed by atoms with Crippen molar-refractivity contribution in [1.29, 1.82) is 0 Å². The van der Waals surface area contributed by atoms with Crippen molar-refractivity contribution in [3.05, 3.63) is 11.1 Å². The van der Waals surface area contributed by atoms with Crippen molar-refractivity contribution < 1.29 is 27.9 Å². The van der Waals surface area contributed by atoms with Gasteiger partial charge in [0, 0.05) is 5.38 Å². The molecule has 0 spiro atoms.